The van der Waals surface area contributed by atoms with Gasteiger partial charge in [0.25, 0.3) is 5.91 Å². The fourth-order valence-corrected chi connectivity index (χ4v) is 4.63. The van der Waals surface area contributed by atoms with Crippen molar-refractivity contribution in [1.82, 2.24) is 4.90 Å². The van der Waals surface area contributed by atoms with Crippen molar-refractivity contribution >= 4 is 35.0 Å². The van der Waals surface area contributed by atoms with Gasteiger partial charge >= 0.3 is 12.1 Å². The lowest BCUT2D eigenvalue weighted by Gasteiger charge is -2.30. The number of carbonyl (C=O) groups is 3. The first-order valence-electron chi connectivity index (χ1n) is 10.6. The molecule has 2 aromatic carbocycles. The fraction of sp³-hybridized carbons (Fsp3) is 0.292. The number of benzene rings is 2. The smallest absolute Gasteiger partial charge is 0.412 e. The van der Waals surface area contributed by atoms with E-state index in [1.54, 1.807) is 0 Å². The van der Waals surface area contributed by atoms with Crippen molar-refractivity contribution in [2.75, 3.05) is 18.4 Å². The Bertz CT molecular complexity index is 1150. The van der Waals surface area contributed by atoms with Crippen molar-refractivity contribution in [3.63, 3.8) is 0 Å². The molecule has 0 aromatic heterocycles. The van der Waals surface area contributed by atoms with Gasteiger partial charge in [0.1, 0.15) is 12.4 Å². The first-order chi connectivity index (χ1) is 15.5. The quantitative estimate of drug-likeness (QED) is 0.437. The van der Waals surface area contributed by atoms with E-state index in [0.29, 0.717) is 30.8 Å². The number of primary amides is 1. The van der Waals surface area contributed by atoms with Crippen LogP contribution in [-0.4, -0.2) is 36.0 Å². The van der Waals surface area contributed by atoms with Gasteiger partial charge < -0.3 is 20.5 Å². The largest absolute Gasteiger partial charge is 0.487 e. The Hall–Kier alpha value is -3.65. The SMILES string of the molecule is NC(=O)OC(=O)C1CCN(Cc2ccc3c(c2)COC3=C2C(=O)Nc3ccccc32)CC1. The van der Waals surface area contributed by atoms with E-state index in [9.17, 15) is 14.4 Å². The van der Waals surface area contributed by atoms with Crippen LogP contribution in [0.1, 0.15) is 35.1 Å². The van der Waals surface area contributed by atoms with Crippen molar-refractivity contribution < 1.29 is 23.9 Å². The molecular weight excluding hydrogens is 410 g/mol. The van der Waals surface area contributed by atoms with E-state index in [4.69, 9.17) is 10.5 Å². The zero-order valence-electron chi connectivity index (χ0n) is 17.4. The van der Waals surface area contributed by atoms with Gasteiger partial charge in [0.2, 0.25) is 0 Å². The van der Waals surface area contributed by atoms with E-state index in [-0.39, 0.29) is 11.8 Å². The Morgan fingerprint density at radius 2 is 1.91 bits per heavy atom. The third-order valence-corrected chi connectivity index (χ3v) is 6.21. The fourth-order valence-electron chi connectivity index (χ4n) is 4.63. The number of amides is 2. The topological polar surface area (TPSA) is 111 Å². The molecule has 0 radical (unpaired) electrons. The van der Waals surface area contributed by atoms with E-state index in [1.807, 2.05) is 30.3 Å². The predicted octanol–water partition coefficient (Wildman–Crippen LogP) is 2.87. The molecule has 3 aliphatic rings. The standard InChI is InChI=1S/C24H23N3O5/c25-24(30)32-23(29)15-7-9-27(10-8-15)12-14-5-6-17-16(11-14)13-31-21(17)20-18-3-1-2-4-19(18)26-22(20)28/h1-6,11,15H,7-10,12-13H2,(H2,25,30)(H,26,28). The lowest BCUT2D eigenvalue weighted by molar-refractivity contribution is -0.143. The second-order valence-corrected chi connectivity index (χ2v) is 8.27. The normalized spacial score (nSPS) is 20.3. The number of para-hydroxylation sites is 1. The van der Waals surface area contributed by atoms with Crippen LogP contribution in [0.3, 0.4) is 0 Å². The highest BCUT2D eigenvalue weighted by Gasteiger charge is 2.32. The molecule has 0 spiro atoms. The number of nitrogens with two attached hydrogens (primary N) is 1. The monoisotopic (exact) mass is 433 g/mol. The van der Waals surface area contributed by atoms with Gasteiger partial charge in [0.15, 0.2) is 0 Å². The van der Waals surface area contributed by atoms with E-state index in [0.717, 1.165) is 47.6 Å². The minimum absolute atomic E-state index is 0.143. The second kappa shape index (κ2) is 8.12. The Balaban J connectivity index is 1.29. The van der Waals surface area contributed by atoms with Crippen LogP contribution in [0.15, 0.2) is 42.5 Å². The molecule has 8 heteroatoms. The Kier molecular flexibility index (Phi) is 5.14. The number of nitrogens with one attached hydrogen (secondary N) is 1. The maximum Gasteiger partial charge on any atom is 0.412 e. The van der Waals surface area contributed by atoms with Gasteiger partial charge in [-0.15, -0.1) is 0 Å². The van der Waals surface area contributed by atoms with Crippen LogP contribution < -0.4 is 11.1 Å². The number of hydrogen-bond donors (Lipinski definition) is 2. The van der Waals surface area contributed by atoms with Crippen molar-refractivity contribution in [1.29, 1.82) is 0 Å². The molecule has 164 valence electrons. The highest BCUT2D eigenvalue weighted by molar-refractivity contribution is 6.36. The number of nitrogens with zero attached hydrogens (tertiary/aromatic N) is 1. The van der Waals surface area contributed by atoms with Crippen molar-refractivity contribution in [2.45, 2.75) is 26.0 Å². The predicted molar refractivity (Wildman–Crippen MR) is 117 cm³/mol. The molecule has 2 amide bonds. The molecule has 0 atom stereocenters. The summed E-state index contributed by atoms with van der Waals surface area (Å²) in [6, 6.07) is 13.8. The lowest BCUT2D eigenvalue weighted by atomic mass is 9.96. The average molecular weight is 433 g/mol. The number of hydrogen-bond acceptors (Lipinski definition) is 6. The number of rotatable bonds is 3. The minimum Gasteiger partial charge on any atom is -0.487 e. The highest BCUT2D eigenvalue weighted by Crippen LogP contribution is 2.41. The number of fused-ring (bicyclic) bond motifs is 2. The molecule has 5 rings (SSSR count). The molecule has 8 nitrogen and oxygen atoms in total. The van der Waals surface area contributed by atoms with E-state index >= 15 is 0 Å². The number of ether oxygens (including phenoxy) is 2. The Labute approximate surface area is 185 Å². The summed E-state index contributed by atoms with van der Waals surface area (Å²) in [6.45, 7) is 2.65. The van der Waals surface area contributed by atoms with Gasteiger partial charge in [-0.1, -0.05) is 36.4 Å². The van der Waals surface area contributed by atoms with Crippen LogP contribution in [-0.2, 0) is 32.2 Å². The number of likely N-dealkylation sites (tertiary alicyclic amines) is 1. The highest BCUT2D eigenvalue weighted by atomic mass is 16.6. The molecule has 1 saturated heterocycles. The summed E-state index contributed by atoms with van der Waals surface area (Å²) in [5.74, 6) is -0.342. The van der Waals surface area contributed by atoms with E-state index in [2.05, 4.69) is 27.1 Å². The molecule has 3 aliphatic heterocycles. The summed E-state index contributed by atoms with van der Waals surface area (Å²) < 4.78 is 10.5. The van der Waals surface area contributed by atoms with Crippen LogP contribution in [0, 0.1) is 5.92 Å². The molecule has 3 heterocycles. The summed E-state index contributed by atoms with van der Waals surface area (Å²) in [6.07, 6.45) is 0.210. The third-order valence-electron chi connectivity index (χ3n) is 6.21. The van der Waals surface area contributed by atoms with Gasteiger partial charge in [-0.05, 0) is 37.6 Å². The second-order valence-electron chi connectivity index (χ2n) is 8.27. The van der Waals surface area contributed by atoms with Crippen LogP contribution in [0.2, 0.25) is 0 Å². The van der Waals surface area contributed by atoms with Crippen molar-refractivity contribution in [3.05, 3.63) is 64.7 Å². The van der Waals surface area contributed by atoms with Crippen LogP contribution in [0.25, 0.3) is 11.3 Å². The first-order valence-corrected chi connectivity index (χ1v) is 10.6. The average Bonchev–Trinajstić information content (AvgIpc) is 3.33. The molecule has 1 fully saturated rings. The third kappa shape index (κ3) is 3.73. The number of esters is 1. The van der Waals surface area contributed by atoms with Gasteiger partial charge in [0, 0.05) is 28.9 Å². The molecule has 0 bridgehead atoms. The number of piperidine rings is 1. The molecule has 0 aliphatic carbocycles. The van der Waals surface area contributed by atoms with Crippen molar-refractivity contribution in [2.24, 2.45) is 11.7 Å². The summed E-state index contributed by atoms with van der Waals surface area (Å²) >= 11 is 0. The summed E-state index contributed by atoms with van der Waals surface area (Å²) in [7, 11) is 0. The Morgan fingerprint density at radius 3 is 2.69 bits per heavy atom. The molecule has 32 heavy (non-hydrogen) atoms. The van der Waals surface area contributed by atoms with Gasteiger partial charge in [-0.2, -0.15) is 0 Å². The van der Waals surface area contributed by atoms with Gasteiger partial charge in [0.05, 0.1) is 11.5 Å². The minimum atomic E-state index is -1.05. The molecule has 2 aromatic rings. The maximum atomic E-state index is 12.6. The number of carbonyl (C=O) groups excluding carboxylic acids is 3. The van der Waals surface area contributed by atoms with Crippen LogP contribution >= 0.6 is 0 Å². The molecule has 3 N–H and O–H groups in total. The molecule has 0 saturated carbocycles. The summed E-state index contributed by atoms with van der Waals surface area (Å²) in [5.41, 5.74) is 10.3. The van der Waals surface area contributed by atoms with Crippen LogP contribution in [0.4, 0.5) is 10.5 Å². The zero-order chi connectivity index (χ0) is 22.2. The van der Waals surface area contributed by atoms with Crippen LogP contribution in [0.5, 0.6) is 0 Å². The zero-order valence-corrected chi connectivity index (χ0v) is 17.4. The molecule has 0 unspecified atom stereocenters. The maximum absolute atomic E-state index is 12.6. The summed E-state index contributed by atoms with van der Waals surface area (Å²) in [5, 5.41) is 2.90. The van der Waals surface area contributed by atoms with E-state index < -0.39 is 12.1 Å². The first kappa shape index (κ1) is 20.3. The van der Waals surface area contributed by atoms with Crippen molar-refractivity contribution in [3.8, 4) is 0 Å². The molecular formula is C24H23N3O5. The Morgan fingerprint density at radius 1 is 1.12 bits per heavy atom. The van der Waals surface area contributed by atoms with E-state index in [1.165, 1.54) is 0 Å². The number of anilines is 1. The lowest BCUT2D eigenvalue weighted by Crippen LogP contribution is -2.37. The van der Waals surface area contributed by atoms with Gasteiger partial charge in [-0.25, -0.2) is 4.79 Å². The van der Waals surface area contributed by atoms with Gasteiger partial charge in [-0.3, -0.25) is 14.5 Å². The summed E-state index contributed by atoms with van der Waals surface area (Å²) in [4.78, 5) is 37.5.